The highest BCUT2D eigenvalue weighted by Gasteiger charge is 2.09. The van der Waals surface area contributed by atoms with Crippen molar-refractivity contribution in [2.75, 3.05) is 31.7 Å². The molecule has 1 heterocycles. The lowest BCUT2D eigenvalue weighted by Crippen LogP contribution is -2.31. The van der Waals surface area contributed by atoms with Gasteiger partial charge in [0.25, 0.3) is 0 Å². The van der Waals surface area contributed by atoms with E-state index in [2.05, 4.69) is 29.8 Å². The van der Waals surface area contributed by atoms with Crippen molar-refractivity contribution in [3.8, 4) is 6.07 Å². The molecule has 0 radical (unpaired) electrons. The molecule has 0 aliphatic carbocycles. The SMILES string of the molecule is COCCN(CC(C)C)c1ccc(C#N)cn1. The molecule has 0 bridgehead atoms. The Morgan fingerprint density at radius 2 is 2.24 bits per heavy atom. The van der Waals surface area contributed by atoms with Crippen LogP contribution in [-0.4, -0.2) is 31.8 Å². The van der Waals surface area contributed by atoms with Gasteiger partial charge >= 0.3 is 0 Å². The maximum Gasteiger partial charge on any atom is 0.128 e. The Labute approximate surface area is 103 Å². The van der Waals surface area contributed by atoms with E-state index in [1.54, 1.807) is 19.4 Å². The standard InChI is InChI=1S/C13H19N3O/c1-11(2)10-16(6-7-17-3)13-5-4-12(8-14)9-15-13/h4-5,9,11H,6-7,10H2,1-3H3. The number of methoxy groups -OCH3 is 1. The molecule has 0 saturated carbocycles. The molecule has 4 nitrogen and oxygen atoms in total. The third-order valence-electron chi connectivity index (χ3n) is 2.35. The largest absolute Gasteiger partial charge is 0.383 e. The van der Waals surface area contributed by atoms with E-state index in [1.165, 1.54) is 0 Å². The van der Waals surface area contributed by atoms with Gasteiger partial charge in [-0.3, -0.25) is 0 Å². The lowest BCUT2D eigenvalue weighted by Gasteiger charge is -2.25. The molecular weight excluding hydrogens is 214 g/mol. The summed E-state index contributed by atoms with van der Waals surface area (Å²) >= 11 is 0. The average Bonchev–Trinajstić information content (AvgIpc) is 2.34. The molecule has 0 amide bonds. The van der Waals surface area contributed by atoms with Gasteiger partial charge in [0.15, 0.2) is 0 Å². The van der Waals surface area contributed by atoms with Gasteiger partial charge in [-0.1, -0.05) is 13.8 Å². The van der Waals surface area contributed by atoms with E-state index < -0.39 is 0 Å². The topological polar surface area (TPSA) is 49.1 Å². The van der Waals surface area contributed by atoms with Crippen molar-refractivity contribution in [3.63, 3.8) is 0 Å². The maximum atomic E-state index is 8.73. The molecule has 4 heteroatoms. The Balaban J connectivity index is 2.76. The third kappa shape index (κ3) is 4.41. The first kappa shape index (κ1) is 13.5. The van der Waals surface area contributed by atoms with Crippen LogP contribution in [0.15, 0.2) is 18.3 Å². The Morgan fingerprint density at radius 3 is 2.71 bits per heavy atom. The van der Waals surface area contributed by atoms with Gasteiger partial charge in [-0.2, -0.15) is 5.26 Å². The Kier molecular flexibility index (Phi) is 5.44. The minimum Gasteiger partial charge on any atom is -0.383 e. The first-order valence-electron chi connectivity index (χ1n) is 5.77. The van der Waals surface area contributed by atoms with Crippen molar-refractivity contribution < 1.29 is 4.74 Å². The number of nitriles is 1. The summed E-state index contributed by atoms with van der Waals surface area (Å²) in [6.45, 7) is 6.76. The number of ether oxygens (including phenoxy) is 1. The fourth-order valence-electron chi connectivity index (χ4n) is 1.58. The normalized spacial score (nSPS) is 10.3. The summed E-state index contributed by atoms with van der Waals surface area (Å²) in [5.41, 5.74) is 0.588. The second-order valence-corrected chi connectivity index (χ2v) is 4.35. The van der Waals surface area contributed by atoms with Crippen LogP contribution in [0.4, 0.5) is 5.82 Å². The summed E-state index contributed by atoms with van der Waals surface area (Å²) in [4.78, 5) is 6.48. The van der Waals surface area contributed by atoms with E-state index in [-0.39, 0.29) is 0 Å². The Bertz CT molecular complexity index is 367. The van der Waals surface area contributed by atoms with E-state index in [4.69, 9.17) is 10.00 Å². The first-order chi connectivity index (χ1) is 8.17. The van der Waals surface area contributed by atoms with Gasteiger partial charge in [0.1, 0.15) is 11.9 Å². The number of hydrogen-bond donors (Lipinski definition) is 0. The number of aromatic nitrogens is 1. The Hall–Kier alpha value is -1.60. The molecule has 0 spiro atoms. The number of hydrogen-bond acceptors (Lipinski definition) is 4. The molecule has 92 valence electrons. The summed E-state index contributed by atoms with van der Waals surface area (Å²) in [6, 6.07) is 5.75. The van der Waals surface area contributed by atoms with E-state index in [0.717, 1.165) is 18.9 Å². The van der Waals surface area contributed by atoms with Crippen molar-refractivity contribution >= 4 is 5.82 Å². The van der Waals surface area contributed by atoms with Crippen molar-refractivity contribution in [3.05, 3.63) is 23.9 Å². The predicted molar refractivity (Wildman–Crippen MR) is 67.9 cm³/mol. The lowest BCUT2D eigenvalue weighted by atomic mass is 10.2. The van der Waals surface area contributed by atoms with Crippen LogP contribution in [-0.2, 0) is 4.74 Å². The van der Waals surface area contributed by atoms with Gasteiger partial charge in [0, 0.05) is 26.4 Å². The molecule has 0 fully saturated rings. The highest BCUT2D eigenvalue weighted by atomic mass is 16.5. The van der Waals surface area contributed by atoms with Crippen molar-refractivity contribution in [1.29, 1.82) is 5.26 Å². The number of anilines is 1. The van der Waals surface area contributed by atoms with Crippen LogP contribution in [0.3, 0.4) is 0 Å². The van der Waals surface area contributed by atoms with Gasteiger partial charge in [-0.15, -0.1) is 0 Å². The number of nitrogens with zero attached hydrogens (tertiary/aromatic N) is 3. The van der Waals surface area contributed by atoms with E-state index in [9.17, 15) is 0 Å². The summed E-state index contributed by atoms with van der Waals surface area (Å²) in [6.07, 6.45) is 1.61. The highest BCUT2D eigenvalue weighted by molar-refractivity contribution is 5.41. The van der Waals surface area contributed by atoms with E-state index in [1.807, 2.05) is 6.07 Å². The summed E-state index contributed by atoms with van der Waals surface area (Å²) in [5, 5.41) is 8.73. The molecule has 0 aliphatic rings. The van der Waals surface area contributed by atoms with Gasteiger partial charge in [-0.25, -0.2) is 4.98 Å². The van der Waals surface area contributed by atoms with Gasteiger partial charge in [0.2, 0.25) is 0 Å². The second kappa shape index (κ2) is 6.87. The molecule has 0 saturated heterocycles. The van der Waals surface area contributed by atoms with E-state index >= 15 is 0 Å². The molecule has 0 unspecified atom stereocenters. The van der Waals surface area contributed by atoms with Crippen LogP contribution in [0.1, 0.15) is 19.4 Å². The van der Waals surface area contributed by atoms with Crippen molar-refractivity contribution in [2.24, 2.45) is 5.92 Å². The van der Waals surface area contributed by atoms with Crippen LogP contribution in [0.5, 0.6) is 0 Å². The molecule has 0 aromatic carbocycles. The van der Waals surface area contributed by atoms with Crippen molar-refractivity contribution in [1.82, 2.24) is 4.98 Å². The molecule has 0 N–H and O–H groups in total. The minimum atomic E-state index is 0.560. The fourth-order valence-corrected chi connectivity index (χ4v) is 1.58. The smallest absolute Gasteiger partial charge is 0.128 e. The fraction of sp³-hybridized carbons (Fsp3) is 0.538. The van der Waals surface area contributed by atoms with Gasteiger partial charge in [-0.05, 0) is 18.1 Å². The molecule has 1 rings (SSSR count). The first-order valence-corrected chi connectivity index (χ1v) is 5.77. The van der Waals surface area contributed by atoms with Crippen LogP contribution in [0, 0.1) is 17.2 Å². The Morgan fingerprint density at radius 1 is 1.47 bits per heavy atom. The zero-order chi connectivity index (χ0) is 12.7. The molecule has 1 aromatic rings. The number of rotatable bonds is 6. The molecule has 1 aromatic heterocycles. The monoisotopic (exact) mass is 233 g/mol. The van der Waals surface area contributed by atoms with Crippen LogP contribution >= 0.6 is 0 Å². The lowest BCUT2D eigenvalue weighted by molar-refractivity contribution is 0.204. The van der Waals surface area contributed by atoms with Gasteiger partial charge in [0.05, 0.1) is 12.2 Å². The summed E-state index contributed by atoms with van der Waals surface area (Å²) in [5.74, 6) is 1.46. The maximum absolute atomic E-state index is 8.73. The zero-order valence-corrected chi connectivity index (χ0v) is 10.7. The van der Waals surface area contributed by atoms with Crippen LogP contribution < -0.4 is 4.90 Å². The predicted octanol–water partition coefficient (Wildman–Crippen LogP) is 2.06. The van der Waals surface area contributed by atoms with Gasteiger partial charge < -0.3 is 9.64 Å². The van der Waals surface area contributed by atoms with Crippen LogP contribution in [0.25, 0.3) is 0 Å². The average molecular weight is 233 g/mol. The third-order valence-corrected chi connectivity index (χ3v) is 2.35. The van der Waals surface area contributed by atoms with E-state index in [0.29, 0.717) is 18.1 Å². The number of pyridine rings is 1. The molecular formula is C13H19N3O. The van der Waals surface area contributed by atoms with Crippen molar-refractivity contribution in [2.45, 2.75) is 13.8 Å². The van der Waals surface area contributed by atoms with Crippen LogP contribution in [0.2, 0.25) is 0 Å². The summed E-state index contributed by atoms with van der Waals surface area (Å²) in [7, 11) is 1.69. The molecule has 0 aliphatic heterocycles. The minimum absolute atomic E-state index is 0.560. The second-order valence-electron chi connectivity index (χ2n) is 4.35. The molecule has 17 heavy (non-hydrogen) atoms. The summed E-state index contributed by atoms with van der Waals surface area (Å²) < 4.78 is 5.10. The highest BCUT2D eigenvalue weighted by Crippen LogP contribution is 2.12. The zero-order valence-electron chi connectivity index (χ0n) is 10.7. The molecule has 0 atom stereocenters. The quantitative estimate of drug-likeness (QED) is 0.754.